The van der Waals surface area contributed by atoms with Crippen molar-refractivity contribution in [3.8, 4) is 0 Å². The monoisotopic (exact) mass is 371 g/mol. The normalized spacial score (nSPS) is 24.7. The number of rotatable bonds is 1. The van der Waals surface area contributed by atoms with Crippen LogP contribution in [0.4, 0.5) is 9.18 Å². The number of nitrogens with zero attached hydrogens (tertiary/aromatic N) is 4. The lowest BCUT2D eigenvalue weighted by Crippen LogP contribution is -2.59. The molecular formula is C15H19ClFN5O3. The van der Waals surface area contributed by atoms with E-state index in [2.05, 4.69) is 15.0 Å². The lowest BCUT2D eigenvalue weighted by Gasteiger charge is -2.46. The van der Waals surface area contributed by atoms with Crippen LogP contribution in [0.3, 0.4) is 0 Å². The molecule has 136 valence electrons. The fourth-order valence-corrected chi connectivity index (χ4v) is 3.72. The minimum absolute atomic E-state index is 0.0500. The Bertz CT molecular complexity index is 874. The third-order valence-corrected chi connectivity index (χ3v) is 4.75. The van der Waals surface area contributed by atoms with Gasteiger partial charge in [-0.1, -0.05) is 20.8 Å². The number of likely N-dealkylation sites (tertiary alicyclic amines) is 1. The number of carbonyl (C=O) groups is 1. The van der Waals surface area contributed by atoms with Crippen LogP contribution >= 0.6 is 11.6 Å². The summed E-state index contributed by atoms with van der Waals surface area (Å²) in [4.78, 5) is 35.4. The van der Waals surface area contributed by atoms with Gasteiger partial charge in [-0.15, -0.1) is 0 Å². The zero-order chi connectivity index (χ0) is 18.5. The molecule has 1 fully saturated rings. The molecule has 0 radical (unpaired) electrons. The first kappa shape index (κ1) is 17.7. The quantitative estimate of drug-likeness (QED) is 0.749. The maximum absolute atomic E-state index is 15.4. The van der Waals surface area contributed by atoms with Gasteiger partial charge in [0.1, 0.15) is 11.7 Å². The largest absolute Gasteiger partial charge is 0.465 e. The number of fused-ring (bicyclic) bond motifs is 1. The lowest BCUT2D eigenvalue weighted by atomic mass is 9.78. The van der Waals surface area contributed by atoms with E-state index in [1.54, 1.807) is 20.8 Å². The van der Waals surface area contributed by atoms with E-state index in [4.69, 9.17) is 11.6 Å². The van der Waals surface area contributed by atoms with Gasteiger partial charge in [0.25, 0.3) is 0 Å². The molecular weight excluding hydrogens is 353 g/mol. The van der Waals surface area contributed by atoms with Crippen molar-refractivity contribution in [2.24, 2.45) is 5.41 Å². The van der Waals surface area contributed by atoms with Gasteiger partial charge in [0, 0.05) is 6.54 Å². The molecule has 3 atom stereocenters. The smallest absolute Gasteiger partial charge is 0.407 e. The zero-order valence-corrected chi connectivity index (χ0v) is 14.8. The van der Waals surface area contributed by atoms with Gasteiger partial charge < -0.3 is 15.0 Å². The molecule has 1 unspecified atom stereocenters. The third kappa shape index (κ3) is 2.97. The van der Waals surface area contributed by atoms with Crippen LogP contribution in [0.15, 0.2) is 11.0 Å². The molecule has 1 saturated heterocycles. The summed E-state index contributed by atoms with van der Waals surface area (Å²) in [6.45, 7) is 5.46. The topological polar surface area (TPSA) is 104 Å². The Kier molecular flexibility index (Phi) is 4.22. The second-order valence-corrected chi connectivity index (χ2v) is 7.60. The Morgan fingerprint density at radius 1 is 1.48 bits per heavy atom. The van der Waals surface area contributed by atoms with Gasteiger partial charge >= 0.3 is 11.8 Å². The number of alkyl halides is 1. The fourth-order valence-electron chi connectivity index (χ4n) is 3.59. The summed E-state index contributed by atoms with van der Waals surface area (Å²) in [5.74, 6) is 0. The second kappa shape index (κ2) is 5.98. The van der Waals surface area contributed by atoms with Gasteiger partial charge in [0.15, 0.2) is 5.65 Å². The van der Waals surface area contributed by atoms with E-state index in [1.165, 1.54) is 10.8 Å². The van der Waals surface area contributed by atoms with E-state index in [0.717, 1.165) is 4.90 Å². The fraction of sp³-hybridized carbons (Fsp3) is 0.600. The van der Waals surface area contributed by atoms with Crippen LogP contribution in [-0.4, -0.2) is 54.4 Å². The van der Waals surface area contributed by atoms with E-state index in [0.29, 0.717) is 5.52 Å². The minimum Gasteiger partial charge on any atom is -0.465 e. The van der Waals surface area contributed by atoms with E-state index < -0.39 is 35.5 Å². The van der Waals surface area contributed by atoms with Gasteiger partial charge in [0.2, 0.25) is 5.28 Å². The van der Waals surface area contributed by atoms with Crippen LogP contribution in [-0.2, 0) is 0 Å². The van der Waals surface area contributed by atoms with Crippen molar-refractivity contribution in [2.75, 3.05) is 6.54 Å². The van der Waals surface area contributed by atoms with Crippen LogP contribution in [0.25, 0.3) is 11.2 Å². The maximum atomic E-state index is 15.4. The second-order valence-electron chi connectivity index (χ2n) is 7.26. The molecule has 2 aromatic heterocycles. The summed E-state index contributed by atoms with van der Waals surface area (Å²) in [6, 6.07) is -1.73. The highest BCUT2D eigenvalue weighted by Gasteiger charge is 2.48. The first-order chi connectivity index (χ1) is 11.6. The molecule has 3 heterocycles. The Morgan fingerprint density at radius 2 is 2.16 bits per heavy atom. The predicted octanol–water partition coefficient (Wildman–Crippen LogP) is 2.45. The SMILES string of the molecule is CC(C)(C)C1[C@@H](F)[C@H](n2c(=O)[nH]c3cnc(Cl)nc32)CCN1C(=O)O. The van der Waals surface area contributed by atoms with Crippen molar-refractivity contribution < 1.29 is 14.3 Å². The molecule has 10 heteroatoms. The predicted molar refractivity (Wildman–Crippen MR) is 89.7 cm³/mol. The number of piperidine rings is 1. The number of amides is 1. The van der Waals surface area contributed by atoms with Crippen molar-refractivity contribution in [3.63, 3.8) is 0 Å². The molecule has 0 spiro atoms. The number of H-pyrrole nitrogens is 1. The van der Waals surface area contributed by atoms with Gasteiger partial charge in [-0.3, -0.25) is 4.57 Å². The molecule has 0 aliphatic carbocycles. The van der Waals surface area contributed by atoms with Gasteiger partial charge in [-0.2, -0.15) is 4.98 Å². The minimum atomic E-state index is -1.57. The third-order valence-electron chi connectivity index (χ3n) is 4.56. The summed E-state index contributed by atoms with van der Waals surface area (Å²) < 4.78 is 16.7. The molecule has 1 aliphatic rings. The molecule has 25 heavy (non-hydrogen) atoms. The molecule has 2 N–H and O–H groups in total. The summed E-state index contributed by atoms with van der Waals surface area (Å²) in [6.07, 6.45) is -1.22. The first-order valence-corrected chi connectivity index (χ1v) is 8.25. The molecule has 1 aliphatic heterocycles. The van der Waals surface area contributed by atoms with Crippen molar-refractivity contribution >= 4 is 28.9 Å². The summed E-state index contributed by atoms with van der Waals surface area (Å²) in [5.41, 5.74) is -0.585. The molecule has 0 aromatic carbocycles. The van der Waals surface area contributed by atoms with Crippen molar-refractivity contribution in [2.45, 2.75) is 45.4 Å². The Morgan fingerprint density at radius 3 is 2.76 bits per heavy atom. The molecule has 3 rings (SSSR count). The standard InChI is InChI=1S/C15H19ClFN5O3/c1-15(2,3)10-9(17)8(4-5-21(10)14(24)25)22-11-7(19-13(22)23)6-18-12(16)20-11/h6,8-10H,4-5H2,1-3H3,(H,19,23)(H,24,25)/t8-,9+,10?/m1/s1. The van der Waals surface area contributed by atoms with Crippen molar-refractivity contribution in [3.05, 3.63) is 22.0 Å². The number of halogens is 2. The van der Waals surface area contributed by atoms with Gasteiger partial charge in [-0.05, 0) is 23.4 Å². The summed E-state index contributed by atoms with van der Waals surface area (Å²) >= 11 is 5.81. The number of hydrogen-bond acceptors (Lipinski definition) is 4. The molecule has 1 amide bonds. The maximum Gasteiger partial charge on any atom is 0.407 e. The summed E-state index contributed by atoms with van der Waals surface area (Å²) in [5, 5.41) is 9.37. The van der Waals surface area contributed by atoms with E-state index in [9.17, 15) is 14.7 Å². The van der Waals surface area contributed by atoms with E-state index in [-0.39, 0.29) is 23.9 Å². The number of aromatic amines is 1. The van der Waals surface area contributed by atoms with Crippen LogP contribution in [0.5, 0.6) is 0 Å². The van der Waals surface area contributed by atoms with Crippen LogP contribution in [0, 0.1) is 5.41 Å². The van der Waals surface area contributed by atoms with E-state index in [1.807, 2.05) is 0 Å². The van der Waals surface area contributed by atoms with Crippen LogP contribution < -0.4 is 5.69 Å². The Hall–Kier alpha value is -2.16. The lowest BCUT2D eigenvalue weighted by molar-refractivity contribution is -0.0178. The van der Waals surface area contributed by atoms with Crippen LogP contribution in [0.1, 0.15) is 33.2 Å². The first-order valence-electron chi connectivity index (χ1n) is 7.87. The van der Waals surface area contributed by atoms with Gasteiger partial charge in [0.05, 0.1) is 18.3 Å². The zero-order valence-electron chi connectivity index (χ0n) is 14.0. The average Bonchev–Trinajstić information content (AvgIpc) is 2.81. The number of nitrogens with one attached hydrogen (secondary N) is 1. The number of imidazole rings is 1. The van der Waals surface area contributed by atoms with Gasteiger partial charge in [-0.25, -0.2) is 19.0 Å². The molecule has 2 aromatic rings. The average molecular weight is 372 g/mol. The Labute approximate surface area is 147 Å². The van der Waals surface area contributed by atoms with Crippen LogP contribution in [0.2, 0.25) is 5.28 Å². The highest BCUT2D eigenvalue weighted by molar-refractivity contribution is 6.28. The highest BCUT2D eigenvalue weighted by atomic mass is 35.5. The van der Waals surface area contributed by atoms with Crippen molar-refractivity contribution in [1.29, 1.82) is 0 Å². The molecule has 0 bridgehead atoms. The van der Waals surface area contributed by atoms with Crippen molar-refractivity contribution in [1.82, 2.24) is 24.4 Å². The summed E-state index contributed by atoms with van der Waals surface area (Å²) in [7, 11) is 0. The number of hydrogen-bond donors (Lipinski definition) is 2. The Balaban J connectivity index is 2.10. The van der Waals surface area contributed by atoms with E-state index >= 15 is 4.39 Å². The molecule has 0 saturated carbocycles. The number of aromatic nitrogens is 4. The molecule has 8 nitrogen and oxygen atoms in total. The highest BCUT2D eigenvalue weighted by Crippen LogP contribution is 2.39. The number of carboxylic acid groups (broad SMARTS) is 1.